The van der Waals surface area contributed by atoms with Gasteiger partial charge in [0.25, 0.3) is 0 Å². The Hall–Kier alpha value is -0.610. The molecule has 4 nitrogen and oxygen atoms in total. The monoisotopic (exact) mass is 268 g/mol. The summed E-state index contributed by atoms with van der Waals surface area (Å²) in [5.74, 6) is 0.557. The minimum absolute atomic E-state index is 0.205. The fourth-order valence-electron chi connectivity index (χ4n) is 3.70. The van der Waals surface area contributed by atoms with E-state index in [9.17, 15) is 4.79 Å². The van der Waals surface area contributed by atoms with Crippen molar-refractivity contribution in [1.82, 2.24) is 10.2 Å². The highest BCUT2D eigenvalue weighted by atomic mass is 16.5. The molecule has 19 heavy (non-hydrogen) atoms. The Kier molecular flexibility index (Phi) is 5.22. The van der Waals surface area contributed by atoms with Crippen molar-refractivity contribution in [1.29, 1.82) is 0 Å². The topological polar surface area (TPSA) is 41.6 Å². The highest BCUT2D eigenvalue weighted by Crippen LogP contribution is 2.34. The van der Waals surface area contributed by atoms with Crippen LogP contribution in [-0.4, -0.2) is 49.2 Å². The van der Waals surface area contributed by atoms with E-state index in [-0.39, 0.29) is 5.92 Å². The lowest BCUT2D eigenvalue weighted by atomic mass is 9.87. The quantitative estimate of drug-likeness (QED) is 0.765. The number of fused-ring (bicyclic) bond motifs is 2. The fraction of sp³-hybridized carbons (Fsp3) is 0.933. The minimum Gasteiger partial charge on any atom is -0.383 e. The molecule has 2 heterocycles. The van der Waals surface area contributed by atoms with Crippen molar-refractivity contribution in [3.05, 3.63) is 0 Å². The number of hydrogen-bond acceptors (Lipinski definition) is 3. The summed E-state index contributed by atoms with van der Waals surface area (Å²) in [6.07, 6.45) is 5.51. The summed E-state index contributed by atoms with van der Waals surface area (Å²) < 4.78 is 5.18. The Morgan fingerprint density at radius 1 is 1.37 bits per heavy atom. The number of hydrogen-bond donors (Lipinski definition) is 1. The third-order valence-corrected chi connectivity index (χ3v) is 4.82. The van der Waals surface area contributed by atoms with E-state index >= 15 is 0 Å². The van der Waals surface area contributed by atoms with Gasteiger partial charge in [-0.25, -0.2) is 0 Å². The van der Waals surface area contributed by atoms with Crippen molar-refractivity contribution >= 4 is 5.91 Å². The van der Waals surface area contributed by atoms with Crippen molar-refractivity contribution in [2.24, 2.45) is 5.92 Å². The molecule has 2 bridgehead atoms. The van der Waals surface area contributed by atoms with Crippen LogP contribution in [0.3, 0.4) is 0 Å². The Balaban J connectivity index is 2.02. The highest BCUT2D eigenvalue weighted by Gasteiger charge is 2.44. The van der Waals surface area contributed by atoms with Gasteiger partial charge in [-0.15, -0.1) is 0 Å². The molecule has 4 heteroatoms. The van der Waals surface area contributed by atoms with Gasteiger partial charge in [0.15, 0.2) is 0 Å². The minimum atomic E-state index is 0.205. The van der Waals surface area contributed by atoms with Gasteiger partial charge in [0.05, 0.1) is 12.5 Å². The normalized spacial score (nSPS) is 29.2. The molecule has 2 fully saturated rings. The molecule has 110 valence electrons. The molecular weight excluding hydrogens is 240 g/mol. The predicted molar refractivity (Wildman–Crippen MR) is 76.0 cm³/mol. The van der Waals surface area contributed by atoms with E-state index in [0.717, 1.165) is 25.8 Å². The number of amides is 1. The molecule has 0 saturated carbocycles. The van der Waals surface area contributed by atoms with E-state index in [0.29, 0.717) is 30.6 Å². The van der Waals surface area contributed by atoms with Crippen LogP contribution in [0.25, 0.3) is 0 Å². The third kappa shape index (κ3) is 3.11. The molecule has 0 spiro atoms. The second-order valence-corrected chi connectivity index (χ2v) is 5.88. The number of rotatable bonds is 7. The number of carbonyl (C=O) groups excluding carboxylic acids is 1. The van der Waals surface area contributed by atoms with Crippen LogP contribution in [0.5, 0.6) is 0 Å². The lowest BCUT2D eigenvalue weighted by molar-refractivity contribution is -0.139. The van der Waals surface area contributed by atoms with Crippen molar-refractivity contribution in [2.75, 3.05) is 20.3 Å². The molecule has 2 saturated heterocycles. The zero-order valence-corrected chi connectivity index (χ0v) is 12.5. The van der Waals surface area contributed by atoms with Crippen LogP contribution < -0.4 is 5.32 Å². The Morgan fingerprint density at radius 2 is 2.11 bits per heavy atom. The molecule has 0 aromatic heterocycles. The maximum Gasteiger partial charge on any atom is 0.227 e. The first-order valence-corrected chi connectivity index (χ1v) is 7.76. The van der Waals surface area contributed by atoms with Crippen molar-refractivity contribution < 1.29 is 9.53 Å². The Labute approximate surface area is 116 Å². The molecule has 0 radical (unpaired) electrons. The van der Waals surface area contributed by atoms with Gasteiger partial charge in [-0.2, -0.15) is 0 Å². The summed E-state index contributed by atoms with van der Waals surface area (Å²) >= 11 is 0. The van der Waals surface area contributed by atoms with E-state index in [1.807, 2.05) is 0 Å². The smallest absolute Gasteiger partial charge is 0.227 e. The molecule has 2 aliphatic heterocycles. The van der Waals surface area contributed by atoms with Crippen LogP contribution in [0.4, 0.5) is 0 Å². The molecule has 2 aliphatic rings. The summed E-state index contributed by atoms with van der Waals surface area (Å²) in [6, 6.07) is 1.38. The first-order valence-electron chi connectivity index (χ1n) is 7.76. The number of nitrogens with zero attached hydrogens (tertiary/aromatic N) is 1. The lowest BCUT2D eigenvalue weighted by Gasteiger charge is -2.34. The standard InChI is InChI=1S/C15H28N2O2/c1-4-12(5-2)17(8-9-19-3)15(18)13-10-11-6-7-14(13)16-11/h11-14,16H,4-10H2,1-3H3. The van der Waals surface area contributed by atoms with Gasteiger partial charge in [-0.05, 0) is 32.1 Å². The maximum absolute atomic E-state index is 12.8. The van der Waals surface area contributed by atoms with E-state index in [1.54, 1.807) is 7.11 Å². The van der Waals surface area contributed by atoms with Crippen LogP contribution in [0.1, 0.15) is 46.0 Å². The zero-order valence-electron chi connectivity index (χ0n) is 12.5. The fourth-order valence-corrected chi connectivity index (χ4v) is 3.70. The molecule has 3 unspecified atom stereocenters. The second-order valence-electron chi connectivity index (χ2n) is 5.88. The summed E-state index contributed by atoms with van der Waals surface area (Å²) in [7, 11) is 1.70. The zero-order chi connectivity index (χ0) is 13.8. The molecule has 3 atom stereocenters. The van der Waals surface area contributed by atoms with Crippen molar-refractivity contribution in [3.8, 4) is 0 Å². The molecule has 0 aliphatic carbocycles. The van der Waals surface area contributed by atoms with E-state index in [4.69, 9.17) is 4.74 Å². The summed E-state index contributed by atoms with van der Waals surface area (Å²) in [4.78, 5) is 14.9. The van der Waals surface area contributed by atoms with Crippen molar-refractivity contribution in [3.63, 3.8) is 0 Å². The van der Waals surface area contributed by atoms with Crippen LogP contribution in [0.15, 0.2) is 0 Å². The molecule has 1 amide bonds. The number of ether oxygens (including phenoxy) is 1. The first kappa shape index (κ1) is 14.8. The SMILES string of the molecule is CCC(CC)N(CCOC)C(=O)C1CC2CCC1N2. The van der Waals surface area contributed by atoms with Gasteiger partial charge in [0, 0.05) is 31.8 Å². The molecule has 0 aromatic carbocycles. The number of nitrogens with one attached hydrogen (secondary N) is 1. The van der Waals surface area contributed by atoms with Gasteiger partial charge >= 0.3 is 0 Å². The molecule has 1 N–H and O–H groups in total. The van der Waals surface area contributed by atoms with Crippen LogP contribution in [0.2, 0.25) is 0 Å². The van der Waals surface area contributed by atoms with Gasteiger partial charge in [0.2, 0.25) is 5.91 Å². The summed E-state index contributed by atoms with van der Waals surface area (Å²) in [5.41, 5.74) is 0. The second kappa shape index (κ2) is 6.71. The maximum atomic E-state index is 12.8. The number of methoxy groups -OCH3 is 1. The average molecular weight is 268 g/mol. The summed E-state index contributed by atoms with van der Waals surface area (Å²) in [6.45, 7) is 5.70. The van der Waals surface area contributed by atoms with Gasteiger partial charge < -0.3 is 15.0 Å². The van der Waals surface area contributed by atoms with E-state index < -0.39 is 0 Å². The average Bonchev–Trinajstić information content (AvgIpc) is 3.05. The van der Waals surface area contributed by atoms with E-state index in [1.165, 1.54) is 12.8 Å². The van der Waals surface area contributed by atoms with Gasteiger partial charge in [0.1, 0.15) is 0 Å². The summed E-state index contributed by atoms with van der Waals surface area (Å²) in [5, 5.41) is 3.57. The first-order chi connectivity index (χ1) is 9.21. The predicted octanol–water partition coefficient (Wildman–Crippen LogP) is 1.79. The molecule has 0 aromatic rings. The van der Waals surface area contributed by atoms with Gasteiger partial charge in [-0.1, -0.05) is 13.8 Å². The third-order valence-electron chi connectivity index (χ3n) is 4.82. The lowest BCUT2D eigenvalue weighted by Crippen LogP contribution is -2.47. The molecular formula is C15H28N2O2. The Morgan fingerprint density at radius 3 is 2.58 bits per heavy atom. The van der Waals surface area contributed by atoms with Crippen LogP contribution >= 0.6 is 0 Å². The van der Waals surface area contributed by atoms with Crippen molar-refractivity contribution in [2.45, 2.75) is 64.1 Å². The highest BCUT2D eigenvalue weighted by molar-refractivity contribution is 5.80. The molecule has 2 rings (SSSR count). The Bertz CT molecular complexity index is 305. The number of carbonyl (C=O) groups is 1. The van der Waals surface area contributed by atoms with Crippen LogP contribution in [0, 0.1) is 5.92 Å². The largest absolute Gasteiger partial charge is 0.383 e. The van der Waals surface area contributed by atoms with Crippen LogP contribution in [-0.2, 0) is 9.53 Å². The van der Waals surface area contributed by atoms with Gasteiger partial charge in [-0.3, -0.25) is 4.79 Å². The van der Waals surface area contributed by atoms with E-state index in [2.05, 4.69) is 24.1 Å².